The molecule has 4 heteroatoms. The van der Waals surface area contributed by atoms with E-state index in [-0.39, 0.29) is 5.91 Å². The van der Waals surface area contributed by atoms with Crippen molar-refractivity contribution in [3.05, 3.63) is 6.42 Å². The molecule has 1 atom stereocenters. The van der Waals surface area contributed by atoms with Gasteiger partial charge in [0.25, 0.3) is 0 Å². The predicted molar refractivity (Wildman–Crippen MR) is 50.0 cm³/mol. The highest BCUT2D eigenvalue weighted by atomic mass is 16.5. The van der Waals surface area contributed by atoms with Crippen molar-refractivity contribution in [1.82, 2.24) is 4.90 Å². The topological polar surface area (TPSA) is 55.6 Å². The monoisotopic (exact) mass is 185 g/mol. The largest absolute Gasteiger partial charge is 0.380 e. The molecule has 0 aliphatic carbocycles. The summed E-state index contributed by atoms with van der Waals surface area (Å²) in [6.07, 6.45) is 4.07. The van der Waals surface area contributed by atoms with Crippen LogP contribution in [0.5, 0.6) is 0 Å². The van der Waals surface area contributed by atoms with Crippen molar-refractivity contribution in [3.8, 4) is 0 Å². The predicted octanol–water partition coefficient (Wildman–Crippen LogP) is -0.213. The Labute approximate surface area is 79.0 Å². The molecule has 0 saturated carbocycles. The number of ether oxygens (including phenoxy) is 1. The zero-order chi connectivity index (χ0) is 9.68. The minimum atomic E-state index is -0.348. The van der Waals surface area contributed by atoms with E-state index in [2.05, 4.69) is 4.90 Å². The van der Waals surface area contributed by atoms with E-state index in [0.717, 1.165) is 25.9 Å². The van der Waals surface area contributed by atoms with Crippen molar-refractivity contribution >= 4 is 5.91 Å². The number of primary amides is 1. The lowest BCUT2D eigenvalue weighted by atomic mass is 10.1. The third-order valence-corrected chi connectivity index (χ3v) is 2.35. The molecular weight excluding hydrogens is 168 g/mol. The molecule has 1 heterocycles. The lowest BCUT2D eigenvalue weighted by molar-refractivity contribution is -0.115. The van der Waals surface area contributed by atoms with E-state index in [0.29, 0.717) is 12.6 Å². The summed E-state index contributed by atoms with van der Waals surface area (Å²) in [5.41, 5.74) is 5.02. The van der Waals surface area contributed by atoms with Crippen molar-refractivity contribution in [2.24, 2.45) is 5.73 Å². The number of piperidine rings is 1. The highest BCUT2D eigenvalue weighted by Crippen LogP contribution is 2.12. The Balaban J connectivity index is 2.21. The van der Waals surface area contributed by atoms with Crippen LogP contribution in [0.1, 0.15) is 12.8 Å². The number of amides is 1. The summed E-state index contributed by atoms with van der Waals surface area (Å²) in [7, 11) is 1.73. The number of methoxy groups -OCH3 is 1. The maximum Gasteiger partial charge on any atom is 0.222 e. The molecule has 1 radical (unpaired) electrons. The van der Waals surface area contributed by atoms with E-state index in [9.17, 15) is 4.79 Å². The maximum absolute atomic E-state index is 10.5. The van der Waals surface area contributed by atoms with E-state index in [4.69, 9.17) is 10.5 Å². The van der Waals surface area contributed by atoms with Gasteiger partial charge in [0.2, 0.25) is 5.91 Å². The molecule has 1 amide bonds. The van der Waals surface area contributed by atoms with Crippen molar-refractivity contribution in [2.45, 2.75) is 18.9 Å². The lowest BCUT2D eigenvalue weighted by Crippen LogP contribution is -2.40. The lowest BCUT2D eigenvalue weighted by Gasteiger charge is -2.31. The average molecular weight is 185 g/mol. The molecule has 13 heavy (non-hydrogen) atoms. The quantitative estimate of drug-likeness (QED) is 0.659. The molecule has 0 aromatic heterocycles. The molecule has 1 fully saturated rings. The summed E-state index contributed by atoms with van der Waals surface area (Å²) in [6.45, 7) is 2.58. The first-order chi connectivity index (χ1) is 6.22. The fourth-order valence-electron chi connectivity index (χ4n) is 1.59. The highest BCUT2D eigenvalue weighted by molar-refractivity contribution is 5.83. The Morgan fingerprint density at radius 2 is 2.54 bits per heavy atom. The van der Waals surface area contributed by atoms with Gasteiger partial charge >= 0.3 is 0 Å². The molecule has 0 aromatic carbocycles. The third-order valence-electron chi connectivity index (χ3n) is 2.35. The molecule has 0 spiro atoms. The molecule has 2 N–H and O–H groups in total. The van der Waals surface area contributed by atoms with E-state index >= 15 is 0 Å². The van der Waals surface area contributed by atoms with Crippen LogP contribution in [0.25, 0.3) is 0 Å². The first-order valence-corrected chi connectivity index (χ1v) is 4.60. The second-order valence-corrected chi connectivity index (χ2v) is 3.37. The normalized spacial score (nSPS) is 24.5. The van der Waals surface area contributed by atoms with Crippen LogP contribution < -0.4 is 5.73 Å². The molecule has 1 aliphatic rings. The van der Waals surface area contributed by atoms with Gasteiger partial charge in [0, 0.05) is 20.2 Å². The molecule has 1 aliphatic heterocycles. The number of rotatable bonds is 4. The maximum atomic E-state index is 10.5. The summed E-state index contributed by atoms with van der Waals surface area (Å²) >= 11 is 0. The highest BCUT2D eigenvalue weighted by Gasteiger charge is 2.19. The second kappa shape index (κ2) is 5.19. The minimum Gasteiger partial charge on any atom is -0.380 e. The number of hydrogen-bond donors (Lipinski definition) is 1. The van der Waals surface area contributed by atoms with Crippen LogP contribution in [0, 0.1) is 6.42 Å². The first kappa shape index (κ1) is 10.5. The van der Waals surface area contributed by atoms with Gasteiger partial charge in [-0.25, -0.2) is 0 Å². The van der Waals surface area contributed by atoms with Crippen LogP contribution in [-0.4, -0.2) is 43.7 Å². The second-order valence-electron chi connectivity index (χ2n) is 3.37. The van der Waals surface area contributed by atoms with Crippen LogP contribution in [-0.2, 0) is 9.53 Å². The van der Waals surface area contributed by atoms with Crippen LogP contribution in [0.4, 0.5) is 0 Å². The Kier molecular flexibility index (Phi) is 4.18. The van der Waals surface area contributed by atoms with Crippen LogP contribution in [0.3, 0.4) is 0 Å². The fourth-order valence-corrected chi connectivity index (χ4v) is 1.59. The Hall–Kier alpha value is -0.610. The van der Waals surface area contributed by atoms with Gasteiger partial charge in [-0.15, -0.1) is 0 Å². The molecule has 0 bridgehead atoms. The minimum absolute atomic E-state index is 0.315. The molecule has 0 aromatic rings. The third kappa shape index (κ3) is 3.74. The average Bonchev–Trinajstić information content (AvgIpc) is 2.15. The number of likely N-dealkylation sites (tertiary alicyclic amines) is 1. The van der Waals surface area contributed by atoms with Crippen LogP contribution in [0.2, 0.25) is 0 Å². The Morgan fingerprint density at radius 1 is 1.77 bits per heavy atom. The van der Waals surface area contributed by atoms with Crippen LogP contribution in [0.15, 0.2) is 0 Å². The molecule has 75 valence electrons. The molecule has 1 unspecified atom stereocenters. The standard InChI is InChI=1S/C9H17N2O2/c1-13-8-3-2-5-11(7-8)6-4-9(10)12/h4,8H,2-3,5-7H2,1H3,(H2,10,12). The van der Waals surface area contributed by atoms with E-state index < -0.39 is 0 Å². The van der Waals surface area contributed by atoms with E-state index in [1.54, 1.807) is 7.11 Å². The van der Waals surface area contributed by atoms with Gasteiger partial charge in [0.15, 0.2) is 0 Å². The van der Waals surface area contributed by atoms with E-state index in [1.807, 2.05) is 0 Å². The van der Waals surface area contributed by atoms with Crippen molar-refractivity contribution < 1.29 is 9.53 Å². The summed E-state index contributed by atoms with van der Waals surface area (Å²) < 4.78 is 5.26. The summed E-state index contributed by atoms with van der Waals surface area (Å²) in [5.74, 6) is -0.348. The van der Waals surface area contributed by atoms with Gasteiger partial charge in [-0.05, 0) is 19.4 Å². The van der Waals surface area contributed by atoms with Crippen molar-refractivity contribution in [3.63, 3.8) is 0 Å². The summed E-state index contributed by atoms with van der Waals surface area (Å²) in [4.78, 5) is 12.7. The molecular formula is C9H17N2O2. The number of carbonyl (C=O) groups is 1. The van der Waals surface area contributed by atoms with Gasteiger partial charge in [-0.1, -0.05) is 0 Å². The van der Waals surface area contributed by atoms with Gasteiger partial charge in [0.05, 0.1) is 12.5 Å². The first-order valence-electron chi connectivity index (χ1n) is 4.60. The SMILES string of the molecule is COC1CCCN(C[CH]C(N)=O)C1. The van der Waals surface area contributed by atoms with Crippen LogP contribution >= 0.6 is 0 Å². The fraction of sp³-hybridized carbons (Fsp3) is 0.778. The Morgan fingerprint density at radius 3 is 3.15 bits per heavy atom. The number of nitrogens with two attached hydrogens (primary N) is 1. The van der Waals surface area contributed by atoms with Crippen molar-refractivity contribution in [2.75, 3.05) is 26.7 Å². The molecule has 1 rings (SSSR count). The van der Waals surface area contributed by atoms with Gasteiger partial charge < -0.3 is 10.5 Å². The number of nitrogens with zero attached hydrogens (tertiary/aromatic N) is 1. The summed E-state index contributed by atoms with van der Waals surface area (Å²) in [6, 6.07) is 0. The smallest absolute Gasteiger partial charge is 0.222 e. The van der Waals surface area contributed by atoms with E-state index in [1.165, 1.54) is 6.42 Å². The van der Waals surface area contributed by atoms with Gasteiger partial charge in [-0.3, -0.25) is 9.69 Å². The van der Waals surface area contributed by atoms with Gasteiger partial charge in [-0.2, -0.15) is 0 Å². The summed E-state index contributed by atoms with van der Waals surface area (Å²) in [5, 5.41) is 0. The Bertz CT molecular complexity index is 173. The molecule has 1 saturated heterocycles. The zero-order valence-electron chi connectivity index (χ0n) is 8.03. The number of hydrogen-bond acceptors (Lipinski definition) is 3. The number of carbonyl (C=O) groups excluding carboxylic acids is 1. The van der Waals surface area contributed by atoms with Crippen molar-refractivity contribution in [1.29, 1.82) is 0 Å². The molecule has 4 nitrogen and oxygen atoms in total. The zero-order valence-corrected chi connectivity index (χ0v) is 8.03. The van der Waals surface area contributed by atoms with Gasteiger partial charge in [0.1, 0.15) is 0 Å².